The van der Waals surface area contributed by atoms with Gasteiger partial charge in [0.1, 0.15) is 6.10 Å². The van der Waals surface area contributed by atoms with E-state index in [2.05, 4.69) is 43.5 Å². The Hall–Kier alpha value is -1.48. The molecule has 7 nitrogen and oxygen atoms in total. The Morgan fingerprint density at radius 3 is 1.57 bits per heavy atom. The van der Waals surface area contributed by atoms with E-state index in [1.807, 2.05) is 0 Å². The van der Waals surface area contributed by atoms with Crippen LogP contribution in [-0.4, -0.2) is 53.1 Å². The Kier molecular flexibility index (Phi) is 27.3. The average Bonchev–Trinajstić information content (AvgIpc) is 2.94. The van der Waals surface area contributed by atoms with Crippen molar-refractivity contribution in [1.29, 1.82) is 0 Å². The van der Waals surface area contributed by atoms with Crippen LogP contribution < -0.4 is 5.32 Å². The summed E-state index contributed by atoms with van der Waals surface area (Å²) in [5.74, 6) is -1.57. The number of nitrogens with one attached hydrogen (secondary N) is 1. The van der Waals surface area contributed by atoms with Gasteiger partial charge in [0.15, 0.2) is 0 Å². The van der Waals surface area contributed by atoms with E-state index in [1.165, 1.54) is 76.7 Å². The number of carbonyl (C=O) groups is 1. The normalized spacial score (nSPS) is 14.7. The molecule has 0 aromatic rings. The first-order valence-electron chi connectivity index (χ1n) is 16.8. The zero-order chi connectivity index (χ0) is 31.3. The van der Waals surface area contributed by atoms with Gasteiger partial charge in [-0.05, 0) is 44.9 Å². The maximum atomic E-state index is 12.5. The highest BCUT2D eigenvalue weighted by Gasteiger charge is 2.27. The van der Waals surface area contributed by atoms with Gasteiger partial charge in [-0.2, -0.15) is 8.42 Å². The first kappa shape index (κ1) is 40.5. The Bertz CT molecular complexity index is 824. The van der Waals surface area contributed by atoms with Crippen LogP contribution in [0, 0.1) is 0 Å². The molecule has 3 atom stereocenters. The number of aliphatic hydroxyl groups excluding tert-OH is 2. The quantitative estimate of drug-likeness (QED) is 0.0385. The second-order valence-electron chi connectivity index (χ2n) is 11.6. The molecule has 0 aliphatic carbocycles. The van der Waals surface area contributed by atoms with E-state index in [9.17, 15) is 28.0 Å². The third kappa shape index (κ3) is 27.4. The van der Waals surface area contributed by atoms with Crippen molar-refractivity contribution in [3.8, 4) is 0 Å². The van der Waals surface area contributed by atoms with E-state index in [0.29, 0.717) is 12.8 Å². The maximum absolute atomic E-state index is 12.5. The Morgan fingerprint density at radius 2 is 1.07 bits per heavy atom. The minimum atomic E-state index is -4.44. The van der Waals surface area contributed by atoms with Crippen LogP contribution in [0.2, 0.25) is 0 Å². The summed E-state index contributed by atoms with van der Waals surface area (Å²) < 4.78 is 32.3. The van der Waals surface area contributed by atoms with Crippen molar-refractivity contribution in [2.75, 3.05) is 5.75 Å². The van der Waals surface area contributed by atoms with Gasteiger partial charge < -0.3 is 15.5 Å². The van der Waals surface area contributed by atoms with Crippen molar-refractivity contribution in [3.05, 3.63) is 36.5 Å². The summed E-state index contributed by atoms with van der Waals surface area (Å²) in [6.07, 6.45) is 32.0. The smallest absolute Gasteiger partial charge is 0.267 e. The Morgan fingerprint density at radius 1 is 0.643 bits per heavy atom. The lowest BCUT2D eigenvalue weighted by molar-refractivity contribution is -0.130. The van der Waals surface area contributed by atoms with Crippen LogP contribution >= 0.6 is 0 Å². The lowest BCUT2D eigenvalue weighted by Gasteiger charge is -2.22. The Balaban J connectivity index is 4.27. The van der Waals surface area contributed by atoms with Gasteiger partial charge in [0.25, 0.3) is 10.1 Å². The molecule has 0 fully saturated rings. The van der Waals surface area contributed by atoms with E-state index in [1.54, 1.807) is 6.08 Å². The highest BCUT2D eigenvalue weighted by molar-refractivity contribution is 7.85. The monoisotopic (exact) mass is 613 g/mol. The highest BCUT2D eigenvalue weighted by Crippen LogP contribution is 2.13. The topological polar surface area (TPSA) is 124 Å². The molecule has 0 bridgehead atoms. The zero-order valence-corrected chi connectivity index (χ0v) is 27.5. The number of carbonyl (C=O) groups excluding carboxylic acids is 1. The van der Waals surface area contributed by atoms with Gasteiger partial charge in [-0.3, -0.25) is 9.35 Å². The molecular formula is C34H63NO6S. The van der Waals surface area contributed by atoms with E-state index in [0.717, 1.165) is 44.9 Å². The Labute approximate surface area is 258 Å². The molecule has 8 heteroatoms. The van der Waals surface area contributed by atoms with Gasteiger partial charge in [0.2, 0.25) is 5.91 Å². The van der Waals surface area contributed by atoms with Crippen LogP contribution in [0.15, 0.2) is 36.5 Å². The first-order chi connectivity index (χ1) is 20.2. The van der Waals surface area contributed by atoms with Crippen molar-refractivity contribution < 1.29 is 28.0 Å². The van der Waals surface area contributed by atoms with Crippen LogP contribution in [0.1, 0.15) is 149 Å². The minimum absolute atomic E-state index is 0.273. The molecule has 0 saturated carbocycles. The molecule has 0 aliphatic heterocycles. The molecule has 0 aromatic carbocycles. The molecular weight excluding hydrogens is 550 g/mol. The van der Waals surface area contributed by atoms with Gasteiger partial charge in [0, 0.05) is 0 Å². The largest absolute Gasteiger partial charge is 0.387 e. The van der Waals surface area contributed by atoms with Crippen LogP contribution in [0.25, 0.3) is 0 Å². The van der Waals surface area contributed by atoms with Gasteiger partial charge in [-0.15, -0.1) is 0 Å². The lowest BCUT2D eigenvalue weighted by Crippen LogP contribution is -2.50. The van der Waals surface area contributed by atoms with Crippen LogP contribution in [-0.2, 0) is 14.9 Å². The van der Waals surface area contributed by atoms with Crippen LogP contribution in [0.5, 0.6) is 0 Å². The average molecular weight is 614 g/mol. The SMILES string of the molecule is CCCCC/C=C/CC/C=C/CC/C=C/C(O)C(CS(=O)(=O)O)NC(=O)C(O)CCCCCCCCCCCCCC. The number of hydrogen-bond acceptors (Lipinski definition) is 5. The van der Waals surface area contributed by atoms with Gasteiger partial charge >= 0.3 is 0 Å². The molecule has 0 radical (unpaired) electrons. The molecule has 246 valence electrons. The second kappa shape index (κ2) is 28.3. The fourth-order valence-electron chi connectivity index (χ4n) is 4.78. The van der Waals surface area contributed by atoms with Crippen molar-refractivity contribution in [2.24, 2.45) is 0 Å². The number of rotatable bonds is 29. The van der Waals surface area contributed by atoms with E-state index in [-0.39, 0.29) is 6.42 Å². The summed E-state index contributed by atoms with van der Waals surface area (Å²) in [5, 5.41) is 23.2. The molecule has 0 heterocycles. The van der Waals surface area contributed by atoms with Gasteiger partial charge in [-0.25, -0.2) is 0 Å². The third-order valence-electron chi connectivity index (χ3n) is 7.40. The molecule has 0 aromatic heterocycles. The summed E-state index contributed by atoms with van der Waals surface area (Å²) in [5.41, 5.74) is 0. The predicted octanol–water partition coefficient (Wildman–Crippen LogP) is 7.98. The second-order valence-corrected chi connectivity index (χ2v) is 13.1. The number of aliphatic hydroxyl groups is 2. The number of amides is 1. The van der Waals surface area contributed by atoms with Crippen molar-refractivity contribution in [1.82, 2.24) is 5.32 Å². The van der Waals surface area contributed by atoms with Gasteiger partial charge in [0.05, 0.1) is 17.9 Å². The number of allylic oxidation sites excluding steroid dienone is 5. The lowest BCUT2D eigenvalue weighted by atomic mass is 10.0. The van der Waals surface area contributed by atoms with Crippen molar-refractivity contribution in [3.63, 3.8) is 0 Å². The molecule has 0 saturated heterocycles. The summed E-state index contributed by atoms with van der Waals surface area (Å²) in [4.78, 5) is 12.5. The fourth-order valence-corrected chi connectivity index (χ4v) is 5.51. The standard InChI is InChI=1S/C34H63NO6S/c1-3-5-7-9-11-13-15-17-19-20-22-24-26-28-32(36)31(30-42(39,40)41)35-34(38)33(37)29-27-25-23-21-18-16-14-12-10-8-6-4-2/h11,13,19-20,26,28,31-33,36-37H,3-10,12,14-18,21-25,27,29-30H2,1-2H3,(H,35,38)(H,39,40,41)/b13-11+,20-19+,28-26+. The zero-order valence-electron chi connectivity index (χ0n) is 26.7. The molecule has 4 N–H and O–H groups in total. The number of hydrogen-bond donors (Lipinski definition) is 4. The first-order valence-corrected chi connectivity index (χ1v) is 18.4. The number of unbranched alkanes of at least 4 members (excludes halogenated alkanes) is 16. The molecule has 0 aliphatic rings. The predicted molar refractivity (Wildman–Crippen MR) is 176 cm³/mol. The van der Waals surface area contributed by atoms with Crippen LogP contribution in [0.3, 0.4) is 0 Å². The van der Waals surface area contributed by atoms with E-state index in [4.69, 9.17) is 0 Å². The maximum Gasteiger partial charge on any atom is 0.267 e. The van der Waals surface area contributed by atoms with E-state index < -0.39 is 40.0 Å². The summed E-state index contributed by atoms with van der Waals surface area (Å²) in [6.45, 7) is 4.43. The van der Waals surface area contributed by atoms with Crippen LogP contribution in [0.4, 0.5) is 0 Å². The summed E-state index contributed by atoms with van der Waals surface area (Å²) in [7, 11) is -4.44. The van der Waals surface area contributed by atoms with Crippen molar-refractivity contribution in [2.45, 2.75) is 167 Å². The molecule has 42 heavy (non-hydrogen) atoms. The molecule has 0 rings (SSSR count). The van der Waals surface area contributed by atoms with Gasteiger partial charge in [-0.1, -0.05) is 140 Å². The fraction of sp³-hybridized carbons (Fsp3) is 0.794. The highest BCUT2D eigenvalue weighted by atomic mass is 32.2. The van der Waals surface area contributed by atoms with Crippen molar-refractivity contribution >= 4 is 16.0 Å². The summed E-state index contributed by atoms with van der Waals surface area (Å²) in [6, 6.07) is -1.25. The molecule has 3 unspecified atom stereocenters. The summed E-state index contributed by atoms with van der Waals surface area (Å²) >= 11 is 0. The third-order valence-corrected chi connectivity index (χ3v) is 8.19. The molecule has 1 amide bonds. The minimum Gasteiger partial charge on any atom is -0.387 e. The molecule has 0 spiro atoms. The van der Waals surface area contributed by atoms with E-state index >= 15 is 0 Å².